The quantitative estimate of drug-likeness (QED) is 0.471. The Bertz CT molecular complexity index is 168. The molecule has 0 nitrogen and oxygen atoms in total. The van der Waals surface area contributed by atoms with Crippen LogP contribution in [0, 0.1) is 0 Å². The Balaban J connectivity index is 0.00000196. The summed E-state index contributed by atoms with van der Waals surface area (Å²) in [7, 11) is 0.156. The van der Waals surface area contributed by atoms with Crippen LogP contribution in [-0.4, -0.2) is 16.0 Å². The largest absolute Gasteiger partial charge is 2.00 e. The van der Waals surface area contributed by atoms with Crippen LogP contribution in [0.4, 0.5) is 0 Å². The molecule has 0 N–H and O–H groups in total. The van der Waals surface area contributed by atoms with Gasteiger partial charge in [-0.05, 0) is 28.8 Å². The molecule has 1 saturated carbocycles. The molecule has 0 unspecified atom stereocenters. The zero-order valence-electron chi connectivity index (χ0n) is 11.2. The second kappa shape index (κ2) is 5.62. The molecule has 0 aliphatic heterocycles. The Kier molecular flexibility index (Phi) is 6.03. The Hall–Kier alpha value is 1.09. The van der Waals surface area contributed by atoms with E-state index in [1.54, 1.807) is 0 Å². The molecule has 92 valence electrons. The van der Waals surface area contributed by atoms with Crippen LogP contribution in [0.15, 0.2) is 0 Å². The van der Waals surface area contributed by atoms with E-state index >= 15 is 0 Å². The molecule has 0 atom stereocenters. The maximum Gasteiger partial charge on any atom is 2.00 e. The fourth-order valence-electron chi connectivity index (χ4n) is 3.26. The molecular weight excluding hydrogens is 294 g/mol. The van der Waals surface area contributed by atoms with Crippen molar-refractivity contribution in [1.29, 1.82) is 0 Å². The maximum absolute atomic E-state index is 2.45. The van der Waals surface area contributed by atoms with Crippen LogP contribution in [-0.2, 0) is 20.4 Å². The van der Waals surface area contributed by atoms with E-state index in [9.17, 15) is 0 Å². The molecule has 0 amide bonds. The van der Waals surface area contributed by atoms with Gasteiger partial charge in [0.15, 0.2) is 0 Å². The van der Waals surface area contributed by atoms with Gasteiger partial charge in [0.1, 0.15) is 0 Å². The van der Waals surface area contributed by atoms with Crippen molar-refractivity contribution in [2.45, 2.75) is 83.2 Å². The van der Waals surface area contributed by atoms with E-state index in [1.807, 2.05) is 0 Å². The van der Waals surface area contributed by atoms with Crippen molar-refractivity contribution in [2.75, 3.05) is 0 Å². The molecule has 1 aliphatic carbocycles. The van der Waals surface area contributed by atoms with Crippen molar-refractivity contribution < 1.29 is 20.4 Å². The van der Waals surface area contributed by atoms with Gasteiger partial charge < -0.3 is 0 Å². The maximum atomic E-state index is 2.45. The molecule has 0 radical (unpaired) electrons. The van der Waals surface area contributed by atoms with E-state index in [-0.39, 0.29) is 28.3 Å². The fourth-order valence-corrected chi connectivity index (χ4v) is 8.35. The third kappa shape index (κ3) is 4.46. The molecule has 0 aromatic heterocycles. The summed E-state index contributed by atoms with van der Waals surface area (Å²) in [5.74, 6) is 0. The summed E-state index contributed by atoms with van der Waals surface area (Å²) < 4.78 is 0. The van der Waals surface area contributed by atoms with Gasteiger partial charge >= 0.3 is 20.4 Å². The second-order valence-corrected chi connectivity index (χ2v) is 10.8. The molecule has 0 spiro atoms. The predicted octanol–water partition coefficient (Wildman–Crippen LogP) is 5.01. The predicted molar refractivity (Wildman–Crippen MR) is 68.7 cm³/mol. The summed E-state index contributed by atoms with van der Waals surface area (Å²) in [4.78, 5) is 0. The molecule has 0 aromatic carbocycles. The van der Waals surface area contributed by atoms with E-state index < -0.39 is 0 Å². The van der Waals surface area contributed by atoms with Crippen molar-refractivity contribution in [1.82, 2.24) is 0 Å². The van der Waals surface area contributed by atoms with Crippen molar-refractivity contribution in [3.8, 4) is 0 Å². The fraction of sp³-hybridized carbons (Fsp3) is 1.00. The molecule has 15 heavy (non-hydrogen) atoms. The Morgan fingerprint density at radius 2 is 1.13 bits per heavy atom. The summed E-state index contributed by atoms with van der Waals surface area (Å²) >= 11 is 0. The van der Waals surface area contributed by atoms with Gasteiger partial charge in [0.05, 0.1) is 0 Å². The molecule has 1 rings (SSSR count). The number of hydrogen-bond acceptors (Lipinski definition) is 0. The molecule has 2 heteroatoms. The number of rotatable bonds is 1. The van der Waals surface area contributed by atoms with Crippen LogP contribution >= 0.6 is 7.92 Å². The topological polar surface area (TPSA) is 0 Å². The summed E-state index contributed by atoms with van der Waals surface area (Å²) in [5, 5.41) is 1.06. The first-order valence-corrected chi connectivity index (χ1v) is 7.43. The van der Waals surface area contributed by atoms with Crippen LogP contribution in [0.1, 0.15) is 67.2 Å². The van der Waals surface area contributed by atoms with Crippen LogP contribution in [0.3, 0.4) is 0 Å². The summed E-state index contributed by atoms with van der Waals surface area (Å²) in [6, 6.07) is 0. The van der Waals surface area contributed by atoms with Crippen molar-refractivity contribution in [3.63, 3.8) is 0 Å². The first kappa shape index (κ1) is 16.1. The van der Waals surface area contributed by atoms with E-state index in [2.05, 4.69) is 41.5 Å². The number of hydrogen-bond donors (Lipinski definition) is 0. The normalized spacial score (nSPS) is 19.4. The van der Waals surface area contributed by atoms with Crippen molar-refractivity contribution in [3.05, 3.63) is 0 Å². The zero-order valence-corrected chi connectivity index (χ0v) is 13.6. The van der Waals surface area contributed by atoms with Gasteiger partial charge in [0, 0.05) is 0 Å². The van der Waals surface area contributed by atoms with Gasteiger partial charge in [-0.2, -0.15) is 0 Å². The molecule has 0 saturated heterocycles. The SMILES string of the molecule is CC(C)(C)P(C1CCCC1)C(C)(C)C.[Pd+2]. The Labute approximate surface area is 111 Å². The van der Waals surface area contributed by atoms with E-state index in [4.69, 9.17) is 0 Å². The summed E-state index contributed by atoms with van der Waals surface area (Å²) in [6.45, 7) is 14.7. The van der Waals surface area contributed by atoms with Crippen LogP contribution < -0.4 is 0 Å². The molecule has 1 aliphatic rings. The van der Waals surface area contributed by atoms with Gasteiger partial charge in [-0.1, -0.05) is 62.3 Å². The standard InChI is InChI=1S/C13H27P.Pd/c1-12(2,3)14(13(4,5)6)11-9-7-8-10-11;/h11H,7-10H2,1-6H3;/q;+2. The smallest absolute Gasteiger partial charge is 0.0924 e. The second-order valence-electron chi connectivity index (χ2n) is 6.65. The molecule has 0 aromatic rings. The average molecular weight is 321 g/mol. The Morgan fingerprint density at radius 1 is 0.800 bits per heavy atom. The van der Waals surface area contributed by atoms with Gasteiger partial charge in [-0.15, -0.1) is 0 Å². The minimum atomic E-state index is 0. The van der Waals surface area contributed by atoms with E-state index in [1.165, 1.54) is 25.7 Å². The van der Waals surface area contributed by atoms with Crippen molar-refractivity contribution >= 4 is 7.92 Å². The minimum Gasteiger partial charge on any atom is -0.0924 e. The van der Waals surface area contributed by atoms with Crippen LogP contribution in [0.25, 0.3) is 0 Å². The third-order valence-electron chi connectivity index (χ3n) is 3.14. The zero-order chi connectivity index (χ0) is 11.0. The molecule has 0 bridgehead atoms. The monoisotopic (exact) mass is 320 g/mol. The molecule has 1 fully saturated rings. The van der Waals surface area contributed by atoms with Gasteiger partial charge in [0.2, 0.25) is 0 Å². The van der Waals surface area contributed by atoms with Crippen molar-refractivity contribution in [2.24, 2.45) is 0 Å². The van der Waals surface area contributed by atoms with Gasteiger partial charge in [0.25, 0.3) is 0 Å². The molecular formula is C13H27PPd+2. The average Bonchev–Trinajstić information content (AvgIpc) is 2.31. The minimum absolute atomic E-state index is 0. The van der Waals surface area contributed by atoms with Gasteiger partial charge in [-0.25, -0.2) is 0 Å². The first-order valence-electron chi connectivity index (χ1n) is 6.02. The first-order chi connectivity index (χ1) is 6.23. The third-order valence-corrected chi connectivity index (χ3v) is 7.27. The molecule has 0 heterocycles. The summed E-state index contributed by atoms with van der Waals surface area (Å²) in [5.41, 5.74) is 1.05. The van der Waals surface area contributed by atoms with Crippen LogP contribution in [0.5, 0.6) is 0 Å². The van der Waals surface area contributed by atoms with Crippen LogP contribution in [0.2, 0.25) is 0 Å². The van der Waals surface area contributed by atoms with E-state index in [0.29, 0.717) is 10.3 Å². The Morgan fingerprint density at radius 3 is 1.40 bits per heavy atom. The summed E-state index contributed by atoms with van der Waals surface area (Å²) in [6.07, 6.45) is 5.96. The van der Waals surface area contributed by atoms with E-state index in [0.717, 1.165) is 5.66 Å². The van der Waals surface area contributed by atoms with Gasteiger partial charge in [-0.3, -0.25) is 0 Å².